The summed E-state index contributed by atoms with van der Waals surface area (Å²) in [5.74, 6) is -1.80. The van der Waals surface area contributed by atoms with Crippen LogP contribution >= 0.6 is 0 Å². The molecule has 0 fully saturated rings. The van der Waals surface area contributed by atoms with Crippen LogP contribution in [-0.4, -0.2) is 27.6 Å². The van der Waals surface area contributed by atoms with Gasteiger partial charge in [0.1, 0.15) is 35.5 Å². The van der Waals surface area contributed by atoms with E-state index in [9.17, 15) is 19.1 Å². The van der Waals surface area contributed by atoms with Crippen molar-refractivity contribution < 1.29 is 28.2 Å². The van der Waals surface area contributed by atoms with Gasteiger partial charge in [-0.25, -0.2) is 9.37 Å². The number of carbonyl (C=O) groups excluding carboxylic acids is 1. The van der Waals surface area contributed by atoms with E-state index in [2.05, 4.69) is 4.98 Å². The minimum Gasteiger partial charge on any atom is -0.487 e. The minimum atomic E-state index is -1.18. The number of hydrogen-bond donors (Lipinski definition) is 2. The molecule has 0 spiro atoms. The van der Waals surface area contributed by atoms with Crippen molar-refractivity contribution in [2.75, 3.05) is 0 Å². The smallest absolute Gasteiger partial charge is 0.312 e. The maximum Gasteiger partial charge on any atom is 0.312 e. The van der Waals surface area contributed by atoms with Crippen LogP contribution in [-0.2, 0) is 21.6 Å². The molecule has 0 bridgehead atoms. The molecule has 2 aromatic carbocycles. The van der Waals surface area contributed by atoms with E-state index in [4.69, 9.17) is 14.6 Å². The number of Topliss-reactive ketones (excluding diaryl/α,β-unsaturated/α-hetero) is 1. The molecule has 1 aromatic heterocycles. The van der Waals surface area contributed by atoms with Crippen molar-refractivity contribution in [2.45, 2.75) is 46.1 Å². The van der Waals surface area contributed by atoms with Crippen molar-refractivity contribution in [2.24, 2.45) is 5.92 Å². The molecule has 0 saturated heterocycles. The van der Waals surface area contributed by atoms with Gasteiger partial charge in [0.05, 0.1) is 11.1 Å². The van der Waals surface area contributed by atoms with Crippen LogP contribution < -0.4 is 4.74 Å². The Bertz CT molecular complexity index is 1210. The van der Waals surface area contributed by atoms with Crippen LogP contribution in [0.1, 0.15) is 44.2 Å². The first-order chi connectivity index (χ1) is 16.0. The van der Waals surface area contributed by atoms with E-state index < -0.39 is 28.8 Å². The molecule has 2 N–H and O–H groups in total. The number of oxazole rings is 1. The zero-order valence-corrected chi connectivity index (χ0v) is 19.5. The number of aromatic nitrogens is 1. The summed E-state index contributed by atoms with van der Waals surface area (Å²) in [6.07, 6.45) is 0.163. The summed E-state index contributed by atoms with van der Waals surface area (Å²) >= 11 is 0. The number of ketones is 1. The van der Waals surface area contributed by atoms with Gasteiger partial charge in [-0.2, -0.15) is 0 Å². The van der Waals surface area contributed by atoms with E-state index in [-0.39, 0.29) is 18.8 Å². The quantitative estimate of drug-likeness (QED) is 0.390. The number of aliphatic carboxylic acids is 1. The topological polar surface area (TPSA) is 113 Å². The van der Waals surface area contributed by atoms with Crippen molar-refractivity contribution in [3.8, 4) is 17.2 Å². The number of hydrogen-bond acceptors (Lipinski definition) is 6. The predicted molar refractivity (Wildman–Crippen MR) is 125 cm³/mol. The lowest BCUT2D eigenvalue weighted by atomic mass is 9.76. The summed E-state index contributed by atoms with van der Waals surface area (Å²) in [5.41, 5.74) is 0.293. The van der Waals surface area contributed by atoms with Crippen molar-refractivity contribution in [3.63, 3.8) is 0 Å². The number of carbonyl (C=O) groups is 2. The van der Waals surface area contributed by atoms with E-state index in [1.54, 1.807) is 64.1 Å². The lowest BCUT2D eigenvalue weighted by molar-refractivity contribution is -0.140. The van der Waals surface area contributed by atoms with Crippen LogP contribution in [0.15, 0.2) is 52.9 Å². The van der Waals surface area contributed by atoms with Gasteiger partial charge in [-0.1, -0.05) is 19.1 Å². The number of benzene rings is 2. The third-order valence-electron chi connectivity index (χ3n) is 5.78. The Morgan fingerprint density at radius 2 is 1.88 bits per heavy atom. The van der Waals surface area contributed by atoms with Crippen LogP contribution in [0.2, 0.25) is 0 Å². The van der Waals surface area contributed by atoms with Crippen LogP contribution in [0.3, 0.4) is 0 Å². The molecule has 0 aliphatic carbocycles. The van der Waals surface area contributed by atoms with Gasteiger partial charge in [0, 0.05) is 5.56 Å². The summed E-state index contributed by atoms with van der Waals surface area (Å²) in [7, 11) is 0. The zero-order valence-electron chi connectivity index (χ0n) is 19.5. The zero-order chi connectivity index (χ0) is 25.0. The van der Waals surface area contributed by atoms with Gasteiger partial charge in [-0.05, 0) is 69.2 Å². The SMILES string of the molecule is CC[C@H](C(=N)C(=O)C(C)(C)c1cccc(OCc2nc(-c3ccc(F)cc3)oc2C)c1)C(=O)O. The summed E-state index contributed by atoms with van der Waals surface area (Å²) in [5, 5.41) is 17.5. The largest absolute Gasteiger partial charge is 0.487 e. The van der Waals surface area contributed by atoms with Gasteiger partial charge < -0.3 is 19.7 Å². The maximum absolute atomic E-state index is 13.2. The molecule has 1 atom stereocenters. The minimum absolute atomic E-state index is 0.112. The molecule has 0 radical (unpaired) electrons. The van der Waals surface area contributed by atoms with Crippen LogP contribution in [0.25, 0.3) is 11.5 Å². The highest BCUT2D eigenvalue weighted by Crippen LogP contribution is 2.30. The molecular weight excluding hydrogens is 439 g/mol. The second-order valence-electron chi connectivity index (χ2n) is 8.51. The van der Waals surface area contributed by atoms with E-state index in [0.29, 0.717) is 34.2 Å². The van der Waals surface area contributed by atoms with Crippen LogP contribution in [0.5, 0.6) is 5.75 Å². The molecule has 0 unspecified atom stereocenters. The Hall–Kier alpha value is -3.81. The first-order valence-corrected chi connectivity index (χ1v) is 10.9. The molecule has 1 heterocycles. The van der Waals surface area contributed by atoms with Gasteiger partial charge in [0.25, 0.3) is 0 Å². The summed E-state index contributed by atoms with van der Waals surface area (Å²) in [6, 6.07) is 12.7. The number of nitrogens with zero attached hydrogens (tertiary/aromatic N) is 1. The molecule has 3 aromatic rings. The van der Waals surface area contributed by atoms with E-state index >= 15 is 0 Å². The molecule has 0 amide bonds. The summed E-state index contributed by atoms with van der Waals surface area (Å²) < 4.78 is 24.7. The highest BCUT2D eigenvalue weighted by atomic mass is 19.1. The Morgan fingerprint density at radius 3 is 2.50 bits per heavy atom. The number of rotatable bonds is 10. The first-order valence-electron chi connectivity index (χ1n) is 10.9. The summed E-state index contributed by atoms with van der Waals surface area (Å²) in [6.45, 7) is 6.83. The molecular formula is C26H27FN2O5. The molecule has 0 saturated carbocycles. The standard InChI is InChI=1S/C26H27FN2O5/c1-5-20(25(31)32)22(28)23(30)26(3,4)17-7-6-8-19(13-17)33-14-21-15(2)34-24(29-21)16-9-11-18(27)12-10-16/h6-13,20,28H,5,14H2,1-4H3,(H,31,32)/t20-/m1/s1. The van der Waals surface area contributed by atoms with Crippen LogP contribution in [0, 0.1) is 24.1 Å². The molecule has 3 rings (SSSR count). The monoisotopic (exact) mass is 466 g/mol. The van der Waals surface area contributed by atoms with E-state index in [1.807, 2.05) is 0 Å². The maximum atomic E-state index is 13.2. The summed E-state index contributed by atoms with van der Waals surface area (Å²) in [4.78, 5) is 28.8. The fourth-order valence-electron chi connectivity index (χ4n) is 3.53. The number of carboxylic acids is 1. The number of nitrogens with one attached hydrogen (secondary N) is 1. The first kappa shape index (κ1) is 24.8. The van der Waals surface area contributed by atoms with Gasteiger partial charge in [0.15, 0.2) is 5.78 Å². The second kappa shape index (κ2) is 9.99. The Balaban J connectivity index is 1.76. The average Bonchev–Trinajstić information content (AvgIpc) is 3.18. The predicted octanol–water partition coefficient (Wildman–Crippen LogP) is 5.35. The van der Waals surface area contributed by atoms with Gasteiger partial charge in [0.2, 0.25) is 5.89 Å². The fraction of sp³-hybridized carbons (Fsp3) is 0.308. The number of aryl methyl sites for hydroxylation is 1. The number of halogens is 1. The molecule has 178 valence electrons. The fourth-order valence-corrected chi connectivity index (χ4v) is 3.53. The van der Waals surface area contributed by atoms with E-state index in [1.165, 1.54) is 12.1 Å². The Kier molecular flexibility index (Phi) is 7.29. The molecule has 8 heteroatoms. The lowest BCUT2D eigenvalue weighted by Crippen LogP contribution is -2.40. The molecule has 34 heavy (non-hydrogen) atoms. The Labute approximate surface area is 197 Å². The number of carboxylic acid groups (broad SMARTS) is 1. The van der Waals surface area contributed by atoms with Crippen molar-refractivity contribution in [1.29, 1.82) is 5.41 Å². The average molecular weight is 467 g/mol. The highest BCUT2D eigenvalue weighted by molar-refractivity contribution is 6.45. The molecule has 0 aliphatic rings. The molecule has 0 aliphatic heterocycles. The second-order valence-corrected chi connectivity index (χ2v) is 8.51. The normalized spacial score (nSPS) is 12.3. The third-order valence-corrected chi connectivity index (χ3v) is 5.78. The van der Waals surface area contributed by atoms with Crippen molar-refractivity contribution >= 4 is 17.5 Å². The van der Waals surface area contributed by atoms with Gasteiger partial charge in [-0.3, -0.25) is 9.59 Å². The number of ether oxygens (including phenoxy) is 1. The van der Waals surface area contributed by atoms with Crippen molar-refractivity contribution in [1.82, 2.24) is 4.98 Å². The third kappa shape index (κ3) is 5.22. The van der Waals surface area contributed by atoms with Gasteiger partial charge in [-0.15, -0.1) is 0 Å². The van der Waals surface area contributed by atoms with Crippen molar-refractivity contribution in [3.05, 3.63) is 71.4 Å². The lowest BCUT2D eigenvalue weighted by Gasteiger charge is -2.26. The van der Waals surface area contributed by atoms with Crippen LogP contribution in [0.4, 0.5) is 4.39 Å². The molecule has 7 nitrogen and oxygen atoms in total. The van der Waals surface area contributed by atoms with Gasteiger partial charge >= 0.3 is 5.97 Å². The highest BCUT2D eigenvalue weighted by Gasteiger charge is 2.37. The van der Waals surface area contributed by atoms with E-state index in [0.717, 1.165) is 0 Å². The Morgan fingerprint density at radius 1 is 1.21 bits per heavy atom.